The zero-order chi connectivity index (χ0) is 4.99. The van der Waals surface area contributed by atoms with Gasteiger partial charge in [0.25, 0.3) is 0 Å². The molecule has 1 atom stereocenters. The summed E-state index contributed by atoms with van der Waals surface area (Å²) in [6, 6.07) is 0. The third-order valence-electron chi connectivity index (χ3n) is 0.268. The molecule has 0 saturated carbocycles. The van der Waals surface area contributed by atoms with Gasteiger partial charge < -0.3 is 9.42 Å². The molecule has 3 nitrogen and oxygen atoms in total. The van der Waals surface area contributed by atoms with E-state index in [1.807, 2.05) is 0 Å². The predicted octanol–water partition coefficient (Wildman–Crippen LogP) is 0.402. The molecule has 0 fully saturated rings. The maximum Gasteiger partial charge on any atom is 0.316 e. The van der Waals surface area contributed by atoms with Crippen LogP contribution in [-0.4, -0.2) is 11.5 Å². The molecular weight excluding hydrogens is 194 g/mol. The first-order valence-corrected chi connectivity index (χ1v) is 2.89. The molecule has 7 heavy (non-hydrogen) atoms. The fraction of sp³-hybridized carbons (Fsp3) is 1.00. The Kier molecular flexibility index (Phi) is 11.0. The third kappa shape index (κ3) is 11.0. The van der Waals surface area contributed by atoms with E-state index in [2.05, 4.69) is 4.52 Å². The molecule has 5 heteroatoms. The van der Waals surface area contributed by atoms with Crippen LogP contribution in [0.1, 0.15) is 6.92 Å². The third-order valence-corrected chi connectivity index (χ3v) is 0.803. The van der Waals surface area contributed by atoms with Crippen molar-refractivity contribution in [2.24, 2.45) is 0 Å². The Morgan fingerprint density at radius 3 is 2.29 bits per heavy atom. The van der Waals surface area contributed by atoms with Crippen LogP contribution in [0, 0.1) is 0 Å². The summed E-state index contributed by atoms with van der Waals surface area (Å²) < 4.78 is 13.7. The summed E-state index contributed by atoms with van der Waals surface area (Å²) in [6.07, 6.45) is 0. The molecule has 0 aromatic heterocycles. The summed E-state index contributed by atoms with van der Waals surface area (Å²) in [5.74, 6) is 0. The van der Waals surface area contributed by atoms with Crippen LogP contribution in [0.5, 0.6) is 0 Å². The molecule has 0 aliphatic heterocycles. The fourth-order valence-corrected chi connectivity index (χ4v) is 0.370. The topological polar surface area (TPSA) is 46.5 Å². The summed E-state index contributed by atoms with van der Waals surface area (Å²) in [5, 5.41) is 0. The minimum Gasteiger partial charge on any atom is -0.326 e. The zero-order valence-corrected chi connectivity index (χ0v) is 7.43. The summed E-state index contributed by atoms with van der Waals surface area (Å²) in [5.41, 5.74) is 0. The van der Waals surface area contributed by atoms with Gasteiger partial charge in [0.05, 0.1) is 6.61 Å². The van der Waals surface area contributed by atoms with Gasteiger partial charge in [-0.1, -0.05) is 0 Å². The van der Waals surface area contributed by atoms with E-state index in [-0.39, 0.29) is 26.2 Å². The molecule has 1 N–H and O–H groups in total. The summed E-state index contributed by atoms with van der Waals surface area (Å²) in [7, 11) is -2.64. The van der Waals surface area contributed by atoms with E-state index < -0.39 is 8.25 Å². The molecule has 0 aromatic carbocycles. The van der Waals surface area contributed by atoms with Crippen molar-refractivity contribution in [2.45, 2.75) is 6.92 Å². The van der Waals surface area contributed by atoms with Crippen LogP contribution in [0.2, 0.25) is 0 Å². The van der Waals surface area contributed by atoms with Gasteiger partial charge in [0, 0.05) is 26.2 Å². The molecule has 0 aliphatic carbocycles. The average Bonchev–Trinajstić information content (AvgIpc) is 1.35. The largest absolute Gasteiger partial charge is 0.326 e. The van der Waals surface area contributed by atoms with Gasteiger partial charge in [0.1, 0.15) is 0 Å². The molecule has 0 amide bonds. The quantitative estimate of drug-likeness (QED) is 0.658. The van der Waals surface area contributed by atoms with Gasteiger partial charge in [-0.15, -0.1) is 0 Å². The van der Waals surface area contributed by atoms with E-state index in [0.717, 1.165) is 0 Å². The van der Waals surface area contributed by atoms with Gasteiger partial charge in [-0.2, -0.15) is 0 Å². The predicted molar refractivity (Wildman–Crippen MR) is 22.8 cm³/mol. The van der Waals surface area contributed by atoms with Gasteiger partial charge in [-0.3, -0.25) is 4.57 Å². The Labute approximate surface area is 62.1 Å². The van der Waals surface area contributed by atoms with Gasteiger partial charge in [0.2, 0.25) is 0 Å². The summed E-state index contributed by atoms with van der Waals surface area (Å²) in [6.45, 7) is 1.98. The molecule has 0 heterocycles. The number of hydrogen-bond acceptors (Lipinski definition) is 2. The SMILES string of the molecule is CCO[PH](=O)O.[Zr]. The van der Waals surface area contributed by atoms with Gasteiger partial charge in [-0.05, 0) is 6.92 Å². The maximum atomic E-state index is 9.56. The monoisotopic (exact) mass is 200 g/mol. The Hall–Kier alpha value is 1.03. The molecule has 0 saturated heterocycles. The standard InChI is InChI=1S/C2H7O3P.Zr/c1-2-5-6(3)4;/h6H,2H2,1H3,(H,3,4);. The Balaban J connectivity index is 0. The minimum atomic E-state index is -2.64. The Bertz CT molecular complexity index is 56.9. The first-order valence-electron chi connectivity index (χ1n) is 1.63. The summed E-state index contributed by atoms with van der Waals surface area (Å²) >= 11 is 0. The minimum absolute atomic E-state index is 0. The first kappa shape index (κ1) is 10.9. The van der Waals surface area contributed by atoms with E-state index in [1.54, 1.807) is 6.92 Å². The van der Waals surface area contributed by atoms with Crippen LogP contribution in [0.25, 0.3) is 0 Å². The molecule has 0 bridgehead atoms. The van der Waals surface area contributed by atoms with E-state index in [0.29, 0.717) is 6.61 Å². The summed E-state index contributed by atoms with van der Waals surface area (Å²) in [4.78, 5) is 7.88. The van der Waals surface area contributed by atoms with Crippen molar-refractivity contribution in [3.05, 3.63) is 0 Å². The van der Waals surface area contributed by atoms with E-state index in [9.17, 15) is 4.57 Å². The van der Waals surface area contributed by atoms with Crippen molar-refractivity contribution >= 4 is 8.25 Å². The van der Waals surface area contributed by atoms with E-state index >= 15 is 0 Å². The fourth-order valence-electron chi connectivity index (χ4n) is 0.123. The van der Waals surface area contributed by atoms with Crippen LogP contribution in [0.3, 0.4) is 0 Å². The number of rotatable bonds is 2. The normalized spacial score (nSPS) is 12.3. The molecule has 0 aromatic rings. The van der Waals surface area contributed by atoms with E-state index in [4.69, 9.17) is 4.89 Å². The molecular formula is C2H7O3PZr. The van der Waals surface area contributed by atoms with Gasteiger partial charge in [0.15, 0.2) is 0 Å². The molecule has 0 radical (unpaired) electrons. The van der Waals surface area contributed by atoms with Crippen molar-refractivity contribution in [1.82, 2.24) is 0 Å². The molecule has 0 aliphatic rings. The van der Waals surface area contributed by atoms with Crippen molar-refractivity contribution in [3.63, 3.8) is 0 Å². The second-order valence-electron chi connectivity index (χ2n) is 0.699. The van der Waals surface area contributed by atoms with Crippen molar-refractivity contribution in [1.29, 1.82) is 0 Å². The molecule has 42 valence electrons. The van der Waals surface area contributed by atoms with Gasteiger partial charge >= 0.3 is 8.25 Å². The van der Waals surface area contributed by atoms with Crippen LogP contribution < -0.4 is 0 Å². The van der Waals surface area contributed by atoms with Crippen molar-refractivity contribution in [3.8, 4) is 0 Å². The Morgan fingerprint density at radius 1 is 1.86 bits per heavy atom. The maximum absolute atomic E-state index is 9.56. The van der Waals surface area contributed by atoms with Crippen LogP contribution >= 0.6 is 8.25 Å². The van der Waals surface area contributed by atoms with Gasteiger partial charge in [-0.25, -0.2) is 0 Å². The molecule has 0 rings (SSSR count). The smallest absolute Gasteiger partial charge is 0.316 e. The van der Waals surface area contributed by atoms with Crippen molar-refractivity contribution < 1.29 is 40.2 Å². The van der Waals surface area contributed by atoms with Crippen LogP contribution in [-0.2, 0) is 35.3 Å². The van der Waals surface area contributed by atoms with Crippen LogP contribution in [0.15, 0.2) is 0 Å². The molecule has 0 spiro atoms. The zero-order valence-electron chi connectivity index (χ0n) is 3.97. The van der Waals surface area contributed by atoms with Crippen LogP contribution in [0.4, 0.5) is 0 Å². The second-order valence-corrected chi connectivity index (χ2v) is 1.52. The first-order chi connectivity index (χ1) is 2.77. The van der Waals surface area contributed by atoms with Crippen molar-refractivity contribution in [2.75, 3.05) is 6.61 Å². The molecule has 1 unspecified atom stereocenters. The Morgan fingerprint density at radius 2 is 2.29 bits per heavy atom. The second kappa shape index (κ2) is 7.03. The van der Waals surface area contributed by atoms with E-state index in [1.165, 1.54) is 0 Å². The number of hydrogen-bond donors (Lipinski definition) is 1. The average molecular weight is 201 g/mol.